The lowest BCUT2D eigenvalue weighted by atomic mass is 10.1. The zero-order valence-corrected chi connectivity index (χ0v) is 14.2. The fourth-order valence-electron chi connectivity index (χ4n) is 1.44. The summed E-state index contributed by atoms with van der Waals surface area (Å²) in [5, 5.41) is 5.14. The van der Waals surface area contributed by atoms with Gasteiger partial charge in [-0.1, -0.05) is 13.8 Å². The number of carbonyl (C=O) groups is 1. The molecule has 0 radical (unpaired) electrons. The van der Waals surface area contributed by atoms with Gasteiger partial charge < -0.3 is 4.74 Å². The highest BCUT2D eigenvalue weighted by Gasteiger charge is 2.21. The third kappa shape index (κ3) is 4.04. The van der Waals surface area contributed by atoms with Crippen LogP contribution >= 0.6 is 15.9 Å². The molecule has 7 heteroatoms. The first-order chi connectivity index (χ1) is 9.04. The van der Waals surface area contributed by atoms with Crippen LogP contribution in [0.15, 0.2) is 21.5 Å². The van der Waals surface area contributed by atoms with E-state index in [9.17, 15) is 13.2 Å². The average Bonchev–Trinajstić information content (AvgIpc) is 2.30. The van der Waals surface area contributed by atoms with E-state index in [1.54, 1.807) is 19.9 Å². The molecule has 0 amide bonds. The number of carbonyl (C=O) groups excluding carboxylic acids is 1. The molecule has 1 aromatic rings. The van der Waals surface area contributed by atoms with Gasteiger partial charge in [0.25, 0.3) is 0 Å². The van der Waals surface area contributed by atoms with Crippen LogP contribution in [0, 0.1) is 12.8 Å². The smallest absolute Gasteiger partial charge is 0.338 e. The van der Waals surface area contributed by atoms with Crippen molar-refractivity contribution in [3.63, 3.8) is 0 Å². The zero-order valence-electron chi connectivity index (χ0n) is 11.8. The molecule has 0 aliphatic rings. The van der Waals surface area contributed by atoms with Gasteiger partial charge in [-0.15, -0.1) is 0 Å². The first kappa shape index (κ1) is 17.1. The van der Waals surface area contributed by atoms with Gasteiger partial charge in [0.05, 0.1) is 10.5 Å². The molecule has 0 saturated carbocycles. The van der Waals surface area contributed by atoms with Gasteiger partial charge in [0.15, 0.2) is 0 Å². The van der Waals surface area contributed by atoms with E-state index in [1.165, 1.54) is 6.07 Å². The van der Waals surface area contributed by atoms with Crippen LogP contribution in [-0.4, -0.2) is 20.5 Å². The van der Waals surface area contributed by atoms with Gasteiger partial charge in [-0.3, -0.25) is 0 Å². The number of aryl methyl sites for hydroxylation is 1. The van der Waals surface area contributed by atoms with E-state index in [4.69, 9.17) is 9.88 Å². The molecule has 1 rings (SSSR count). The molecule has 1 atom stereocenters. The van der Waals surface area contributed by atoms with Gasteiger partial charge in [0.1, 0.15) is 6.10 Å². The second-order valence-corrected chi connectivity index (χ2v) is 7.33. The van der Waals surface area contributed by atoms with Gasteiger partial charge in [-0.25, -0.2) is 18.4 Å². The molecule has 1 aromatic carbocycles. The Labute approximate surface area is 127 Å². The van der Waals surface area contributed by atoms with Crippen LogP contribution in [0.25, 0.3) is 0 Å². The first-order valence-electron chi connectivity index (χ1n) is 6.08. The number of primary sulfonamides is 1. The minimum atomic E-state index is -3.91. The molecule has 112 valence electrons. The Kier molecular flexibility index (Phi) is 5.34. The Balaban J connectivity index is 3.21. The molecule has 20 heavy (non-hydrogen) atoms. The number of ether oxygens (including phenoxy) is 1. The fourth-order valence-corrected chi connectivity index (χ4v) is 3.04. The average molecular weight is 364 g/mol. The maximum absolute atomic E-state index is 12.0. The van der Waals surface area contributed by atoms with E-state index < -0.39 is 16.0 Å². The highest BCUT2D eigenvalue weighted by Crippen LogP contribution is 2.27. The monoisotopic (exact) mass is 363 g/mol. The molecule has 0 aliphatic heterocycles. The van der Waals surface area contributed by atoms with Crippen molar-refractivity contribution in [1.29, 1.82) is 0 Å². The van der Waals surface area contributed by atoms with Crippen molar-refractivity contribution >= 4 is 31.9 Å². The largest absolute Gasteiger partial charge is 0.459 e. The van der Waals surface area contributed by atoms with Crippen molar-refractivity contribution in [3.05, 3.63) is 27.7 Å². The standard InChI is InChI=1S/C13H18BrNO4S/c1-7(2)9(4)19-13(16)10-5-8(3)12(14)11(6-10)20(15,17)18/h5-7,9H,1-4H3,(H2,15,17,18). The molecule has 0 fully saturated rings. The second-order valence-electron chi connectivity index (χ2n) is 5.00. The summed E-state index contributed by atoms with van der Waals surface area (Å²) in [5.74, 6) is -0.389. The van der Waals surface area contributed by atoms with Gasteiger partial charge in [0, 0.05) is 4.47 Å². The van der Waals surface area contributed by atoms with Crippen LogP contribution in [0.2, 0.25) is 0 Å². The predicted molar refractivity (Wildman–Crippen MR) is 80.0 cm³/mol. The normalized spacial score (nSPS) is 13.3. The van der Waals surface area contributed by atoms with Crippen molar-refractivity contribution < 1.29 is 17.9 Å². The Hall–Kier alpha value is -0.920. The summed E-state index contributed by atoms with van der Waals surface area (Å²) in [6.45, 7) is 7.33. The number of halogens is 1. The zero-order chi connectivity index (χ0) is 15.7. The summed E-state index contributed by atoms with van der Waals surface area (Å²) in [7, 11) is -3.91. The Morgan fingerprint density at radius 2 is 1.85 bits per heavy atom. The molecule has 0 bridgehead atoms. The molecule has 2 N–H and O–H groups in total. The van der Waals surface area contributed by atoms with E-state index in [0.717, 1.165) is 0 Å². The Morgan fingerprint density at radius 3 is 2.30 bits per heavy atom. The predicted octanol–water partition coefficient (Wildman–Crippen LogP) is 2.61. The SMILES string of the molecule is Cc1cc(C(=O)OC(C)C(C)C)cc(S(N)(=O)=O)c1Br. The summed E-state index contributed by atoms with van der Waals surface area (Å²) >= 11 is 3.16. The number of hydrogen-bond donors (Lipinski definition) is 1. The van der Waals surface area contributed by atoms with Crippen LogP contribution < -0.4 is 5.14 Å². The molecule has 5 nitrogen and oxygen atoms in total. The quantitative estimate of drug-likeness (QED) is 0.832. The Bertz CT molecular complexity index is 626. The van der Waals surface area contributed by atoms with Crippen molar-refractivity contribution in [2.75, 3.05) is 0 Å². The number of esters is 1. The lowest BCUT2D eigenvalue weighted by molar-refractivity contribution is 0.0237. The summed E-state index contributed by atoms with van der Waals surface area (Å²) in [4.78, 5) is 11.9. The van der Waals surface area contributed by atoms with Crippen LogP contribution in [-0.2, 0) is 14.8 Å². The van der Waals surface area contributed by atoms with E-state index in [-0.39, 0.29) is 22.5 Å². The molecule has 0 heterocycles. The highest BCUT2D eigenvalue weighted by atomic mass is 79.9. The van der Waals surface area contributed by atoms with Crippen molar-refractivity contribution in [2.45, 2.75) is 38.7 Å². The van der Waals surface area contributed by atoms with Crippen LogP contribution in [0.3, 0.4) is 0 Å². The van der Waals surface area contributed by atoms with Crippen molar-refractivity contribution in [1.82, 2.24) is 0 Å². The van der Waals surface area contributed by atoms with E-state index in [2.05, 4.69) is 15.9 Å². The van der Waals surface area contributed by atoms with Crippen molar-refractivity contribution in [2.24, 2.45) is 11.1 Å². The first-order valence-corrected chi connectivity index (χ1v) is 8.42. The lowest BCUT2D eigenvalue weighted by Crippen LogP contribution is -2.21. The maximum atomic E-state index is 12.0. The minimum Gasteiger partial charge on any atom is -0.459 e. The third-order valence-corrected chi connectivity index (χ3v) is 5.25. The third-order valence-electron chi connectivity index (χ3n) is 3.00. The van der Waals surface area contributed by atoms with Crippen LogP contribution in [0.5, 0.6) is 0 Å². The Morgan fingerprint density at radius 1 is 1.30 bits per heavy atom. The summed E-state index contributed by atoms with van der Waals surface area (Å²) in [5.41, 5.74) is 0.767. The van der Waals surface area contributed by atoms with E-state index in [1.807, 2.05) is 13.8 Å². The fraction of sp³-hybridized carbons (Fsp3) is 0.462. The topological polar surface area (TPSA) is 86.5 Å². The van der Waals surface area contributed by atoms with Crippen LogP contribution in [0.1, 0.15) is 36.7 Å². The van der Waals surface area contributed by atoms with Crippen LogP contribution in [0.4, 0.5) is 0 Å². The van der Waals surface area contributed by atoms with Crippen molar-refractivity contribution in [3.8, 4) is 0 Å². The maximum Gasteiger partial charge on any atom is 0.338 e. The summed E-state index contributed by atoms with van der Waals surface area (Å²) in [6, 6.07) is 2.79. The molecule has 0 aliphatic carbocycles. The highest BCUT2D eigenvalue weighted by molar-refractivity contribution is 9.10. The van der Waals surface area contributed by atoms with Gasteiger partial charge in [0.2, 0.25) is 10.0 Å². The van der Waals surface area contributed by atoms with Gasteiger partial charge in [-0.2, -0.15) is 0 Å². The van der Waals surface area contributed by atoms with E-state index >= 15 is 0 Å². The lowest BCUT2D eigenvalue weighted by Gasteiger charge is -2.17. The molecule has 0 saturated heterocycles. The molecule has 0 aromatic heterocycles. The van der Waals surface area contributed by atoms with E-state index in [0.29, 0.717) is 10.0 Å². The minimum absolute atomic E-state index is 0.123. The molecule has 1 unspecified atom stereocenters. The van der Waals surface area contributed by atoms with Gasteiger partial charge >= 0.3 is 5.97 Å². The molecule has 0 spiro atoms. The number of benzene rings is 1. The van der Waals surface area contributed by atoms with Gasteiger partial charge in [-0.05, 0) is 53.4 Å². The number of nitrogens with two attached hydrogens (primary N) is 1. The number of hydrogen-bond acceptors (Lipinski definition) is 4. The number of sulfonamides is 1. The molecular formula is C13H18BrNO4S. The summed E-state index contributed by atoms with van der Waals surface area (Å²) < 4.78 is 28.6. The second kappa shape index (κ2) is 6.24. The summed E-state index contributed by atoms with van der Waals surface area (Å²) in [6.07, 6.45) is -0.260. The molecular weight excluding hydrogens is 346 g/mol. The number of rotatable bonds is 4.